The number of nitrogens with zero attached hydrogens (tertiary/aromatic N) is 3. The van der Waals surface area contributed by atoms with Gasteiger partial charge >= 0.3 is 0 Å². The fourth-order valence-corrected chi connectivity index (χ4v) is 2.61. The van der Waals surface area contributed by atoms with Crippen LogP contribution in [0.1, 0.15) is 25.5 Å². The highest BCUT2D eigenvalue weighted by molar-refractivity contribution is 5.34. The molecular weight excluding hydrogens is 240 g/mol. The lowest BCUT2D eigenvalue weighted by atomic mass is 9.94. The summed E-state index contributed by atoms with van der Waals surface area (Å²) in [6.45, 7) is 7.97. The van der Waals surface area contributed by atoms with E-state index in [2.05, 4.69) is 27.6 Å². The molecule has 0 bridgehead atoms. The second-order valence-electron chi connectivity index (χ2n) is 5.60. The van der Waals surface area contributed by atoms with Crippen LogP contribution in [0.4, 0.5) is 5.95 Å². The Balaban J connectivity index is 2.06. The fourth-order valence-electron chi connectivity index (χ4n) is 2.61. The van der Waals surface area contributed by atoms with Gasteiger partial charge in [0.15, 0.2) is 0 Å². The van der Waals surface area contributed by atoms with Gasteiger partial charge in [-0.05, 0) is 25.7 Å². The highest BCUT2D eigenvalue weighted by Gasteiger charge is 2.25. The molecule has 0 spiro atoms. The summed E-state index contributed by atoms with van der Waals surface area (Å²) in [5.41, 5.74) is 7.25. The molecule has 0 radical (unpaired) electrons. The van der Waals surface area contributed by atoms with Crippen molar-refractivity contribution in [2.24, 2.45) is 11.7 Å². The van der Waals surface area contributed by atoms with Crippen LogP contribution in [0, 0.1) is 12.8 Å². The SMILES string of the molecule is COCCCn1cc(C)nc1N1CCC(C)C(N)C1. The number of aryl methyl sites for hydroxylation is 2. The Bertz CT molecular complexity index is 404. The first kappa shape index (κ1) is 14.3. The number of imidazole rings is 1. The molecular formula is C14H26N4O. The Kier molecular flexibility index (Phi) is 4.82. The predicted octanol–water partition coefficient (Wildman–Crippen LogP) is 1.40. The van der Waals surface area contributed by atoms with Gasteiger partial charge in [-0.25, -0.2) is 4.98 Å². The van der Waals surface area contributed by atoms with Crippen LogP contribution in [-0.2, 0) is 11.3 Å². The molecule has 0 aromatic carbocycles. The van der Waals surface area contributed by atoms with E-state index in [0.29, 0.717) is 5.92 Å². The molecule has 1 aliphatic rings. The average Bonchev–Trinajstić information content (AvgIpc) is 2.74. The lowest BCUT2D eigenvalue weighted by molar-refractivity contribution is 0.190. The summed E-state index contributed by atoms with van der Waals surface area (Å²) in [4.78, 5) is 6.99. The zero-order chi connectivity index (χ0) is 13.8. The molecule has 2 N–H and O–H groups in total. The van der Waals surface area contributed by atoms with Crippen LogP contribution in [0.2, 0.25) is 0 Å². The minimum absolute atomic E-state index is 0.248. The van der Waals surface area contributed by atoms with Gasteiger partial charge in [0.1, 0.15) is 0 Å². The Morgan fingerprint density at radius 2 is 2.32 bits per heavy atom. The highest BCUT2D eigenvalue weighted by Crippen LogP contribution is 2.22. The second-order valence-corrected chi connectivity index (χ2v) is 5.60. The van der Waals surface area contributed by atoms with E-state index in [0.717, 1.165) is 50.7 Å². The van der Waals surface area contributed by atoms with Crippen molar-refractivity contribution in [2.75, 3.05) is 31.7 Å². The molecule has 1 saturated heterocycles. The van der Waals surface area contributed by atoms with Crippen molar-refractivity contribution in [3.63, 3.8) is 0 Å². The standard InChI is InChI=1S/C14H26N4O/c1-11-5-7-18(10-13(11)15)14-16-12(2)9-17(14)6-4-8-19-3/h9,11,13H,4-8,10,15H2,1-3H3. The lowest BCUT2D eigenvalue weighted by Gasteiger charge is -2.35. The lowest BCUT2D eigenvalue weighted by Crippen LogP contribution is -2.48. The molecule has 5 nitrogen and oxygen atoms in total. The predicted molar refractivity (Wildman–Crippen MR) is 77.4 cm³/mol. The quantitative estimate of drug-likeness (QED) is 0.819. The minimum Gasteiger partial charge on any atom is -0.385 e. The summed E-state index contributed by atoms with van der Waals surface area (Å²) >= 11 is 0. The zero-order valence-electron chi connectivity index (χ0n) is 12.3. The molecule has 0 aliphatic carbocycles. The third-order valence-corrected chi connectivity index (χ3v) is 3.92. The third kappa shape index (κ3) is 3.48. The first-order valence-electron chi connectivity index (χ1n) is 7.15. The normalized spacial score (nSPS) is 23.9. The molecule has 2 unspecified atom stereocenters. The van der Waals surface area contributed by atoms with Gasteiger partial charge in [-0.1, -0.05) is 6.92 Å². The largest absolute Gasteiger partial charge is 0.385 e. The number of anilines is 1. The van der Waals surface area contributed by atoms with Crippen LogP contribution in [0.3, 0.4) is 0 Å². The minimum atomic E-state index is 0.248. The Morgan fingerprint density at radius 1 is 1.53 bits per heavy atom. The maximum Gasteiger partial charge on any atom is 0.205 e. The summed E-state index contributed by atoms with van der Waals surface area (Å²) in [5, 5.41) is 0. The molecule has 2 rings (SSSR count). The first-order valence-corrected chi connectivity index (χ1v) is 7.15. The smallest absolute Gasteiger partial charge is 0.205 e. The van der Waals surface area contributed by atoms with E-state index in [9.17, 15) is 0 Å². The fraction of sp³-hybridized carbons (Fsp3) is 0.786. The van der Waals surface area contributed by atoms with Gasteiger partial charge in [0.2, 0.25) is 5.95 Å². The topological polar surface area (TPSA) is 56.3 Å². The van der Waals surface area contributed by atoms with Crippen molar-refractivity contribution in [1.29, 1.82) is 0 Å². The van der Waals surface area contributed by atoms with Gasteiger partial charge in [0.25, 0.3) is 0 Å². The molecule has 2 heterocycles. The van der Waals surface area contributed by atoms with Crippen molar-refractivity contribution in [1.82, 2.24) is 9.55 Å². The van der Waals surface area contributed by atoms with Crippen LogP contribution in [0.25, 0.3) is 0 Å². The van der Waals surface area contributed by atoms with E-state index in [1.54, 1.807) is 7.11 Å². The maximum atomic E-state index is 6.19. The van der Waals surface area contributed by atoms with Crippen LogP contribution in [0.15, 0.2) is 6.20 Å². The second kappa shape index (κ2) is 6.39. The number of methoxy groups -OCH3 is 1. The van der Waals surface area contributed by atoms with Gasteiger partial charge in [-0.15, -0.1) is 0 Å². The zero-order valence-corrected chi connectivity index (χ0v) is 12.3. The number of rotatable bonds is 5. The molecule has 1 aromatic heterocycles. The average molecular weight is 266 g/mol. The van der Waals surface area contributed by atoms with Gasteiger partial charge in [0.05, 0.1) is 5.69 Å². The molecule has 108 valence electrons. The molecule has 1 aliphatic heterocycles. The first-order chi connectivity index (χ1) is 9.11. The van der Waals surface area contributed by atoms with Crippen molar-refractivity contribution >= 4 is 5.95 Å². The molecule has 19 heavy (non-hydrogen) atoms. The van der Waals surface area contributed by atoms with Gasteiger partial charge in [0, 0.05) is 45.6 Å². The van der Waals surface area contributed by atoms with E-state index >= 15 is 0 Å². The Hall–Kier alpha value is -1.07. The van der Waals surface area contributed by atoms with Crippen molar-refractivity contribution in [3.05, 3.63) is 11.9 Å². The Morgan fingerprint density at radius 3 is 3.00 bits per heavy atom. The maximum absolute atomic E-state index is 6.19. The number of nitrogens with two attached hydrogens (primary N) is 1. The van der Waals surface area contributed by atoms with E-state index in [1.165, 1.54) is 0 Å². The third-order valence-electron chi connectivity index (χ3n) is 3.92. The number of ether oxygens (including phenoxy) is 1. The van der Waals surface area contributed by atoms with Crippen molar-refractivity contribution < 1.29 is 4.74 Å². The number of aromatic nitrogens is 2. The molecule has 1 fully saturated rings. The number of piperidine rings is 1. The van der Waals surface area contributed by atoms with Crippen LogP contribution >= 0.6 is 0 Å². The van der Waals surface area contributed by atoms with Crippen molar-refractivity contribution in [2.45, 2.75) is 39.3 Å². The summed E-state index contributed by atoms with van der Waals surface area (Å²) in [5.74, 6) is 1.67. The Labute approximate surface area is 115 Å². The van der Waals surface area contributed by atoms with Crippen LogP contribution < -0.4 is 10.6 Å². The number of hydrogen-bond donors (Lipinski definition) is 1. The molecule has 5 heteroatoms. The van der Waals surface area contributed by atoms with E-state index in [1.807, 2.05) is 6.92 Å². The highest BCUT2D eigenvalue weighted by atomic mass is 16.5. The van der Waals surface area contributed by atoms with Gasteiger partial charge < -0.3 is 19.9 Å². The van der Waals surface area contributed by atoms with Crippen LogP contribution in [0.5, 0.6) is 0 Å². The molecule has 2 atom stereocenters. The van der Waals surface area contributed by atoms with Crippen LogP contribution in [-0.4, -0.2) is 42.4 Å². The summed E-state index contributed by atoms with van der Waals surface area (Å²) in [7, 11) is 1.74. The van der Waals surface area contributed by atoms with Gasteiger partial charge in [-0.3, -0.25) is 0 Å². The number of hydrogen-bond acceptors (Lipinski definition) is 4. The van der Waals surface area contributed by atoms with Gasteiger partial charge in [-0.2, -0.15) is 0 Å². The van der Waals surface area contributed by atoms with E-state index in [4.69, 9.17) is 10.5 Å². The molecule has 1 aromatic rings. The summed E-state index contributed by atoms with van der Waals surface area (Å²) in [6.07, 6.45) is 4.27. The molecule has 0 saturated carbocycles. The monoisotopic (exact) mass is 266 g/mol. The summed E-state index contributed by atoms with van der Waals surface area (Å²) in [6, 6.07) is 0.248. The van der Waals surface area contributed by atoms with E-state index < -0.39 is 0 Å². The summed E-state index contributed by atoms with van der Waals surface area (Å²) < 4.78 is 7.35. The molecule has 0 amide bonds. The van der Waals surface area contributed by atoms with Crippen molar-refractivity contribution in [3.8, 4) is 0 Å². The van der Waals surface area contributed by atoms with E-state index in [-0.39, 0.29) is 6.04 Å².